The van der Waals surface area contributed by atoms with Crippen molar-refractivity contribution in [1.82, 2.24) is 0 Å². The standard InChI is InChI=1S/C24H32/c1-15-12-17(23(5,6)7)14-20-21(15)18-11-10-16(22(2,3)4)13-19(18)24(20,8)9/h10-14H,1-9H3. The molecular weight excluding hydrogens is 288 g/mol. The Morgan fingerprint density at radius 1 is 0.708 bits per heavy atom. The van der Waals surface area contributed by atoms with E-state index in [1.807, 2.05) is 0 Å². The van der Waals surface area contributed by atoms with Crippen molar-refractivity contribution in [1.29, 1.82) is 0 Å². The predicted octanol–water partition coefficient (Wildman–Crippen LogP) is 6.90. The second-order valence-corrected chi connectivity index (χ2v) is 10.1. The zero-order valence-electron chi connectivity index (χ0n) is 16.9. The van der Waals surface area contributed by atoms with Crippen molar-refractivity contribution >= 4 is 0 Å². The molecule has 1 aliphatic carbocycles. The molecule has 2 aromatic carbocycles. The van der Waals surface area contributed by atoms with E-state index in [1.54, 1.807) is 0 Å². The third-order valence-corrected chi connectivity index (χ3v) is 5.70. The van der Waals surface area contributed by atoms with Crippen LogP contribution in [0.15, 0.2) is 30.3 Å². The summed E-state index contributed by atoms with van der Waals surface area (Å²) in [6.07, 6.45) is 0. The van der Waals surface area contributed by atoms with Crippen molar-refractivity contribution in [2.24, 2.45) is 0 Å². The maximum absolute atomic E-state index is 2.46. The number of hydrogen-bond acceptors (Lipinski definition) is 0. The monoisotopic (exact) mass is 320 g/mol. The zero-order chi connectivity index (χ0) is 18.1. The molecule has 0 fully saturated rings. The van der Waals surface area contributed by atoms with Gasteiger partial charge >= 0.3 is 0 Å². The zero-order valence-corrected chi connectivity index (χ0v) is 16.9. The van der Waals surface area contributed by atoms with E-state index in [4.69, 9.17) is 0 Å². The fourth-order valence-electron chi connectivity index (χ4n) is 3.96. The molecule has 24 heavy (non-hydrogen) atoms. The minimum atomic E-state index is 0.0674. The molecule has 0 aromatic heterocycles. The molecule has 0 N–H and O–H groups in total. The Balaban J connectivity index is 2.29. The van der Waals surface area contributed by atoms with Crippen molar-refractivity contribution in [2.75, 3.05) is 0 Å². The van der Waals surface area contributed by atoms with Crippen LogP contribution in [0.1, 0.15) is 83.2 Å². The molecule has 0 saturated heterocycles. The highest BCUT2D eigenvalue weighted by atomic mass is 14.4. The summed E-state index contributed by atoms with van der Waals surface area (Å²) in [5.41, 5.74) is 10.6. The largest absolute Gasteiger partial charge is 0.0579 e. The number of benzene rings is 2. The molecule has 0 nitrogen and oxygen atoms in total. The molecule has 3 rings (SSSR count). The van der Waals surface area contributed by atoms with E-state index in [9.17, 15) is 0 Å². The summed E-state index contributed by atoms with van der Waals surface area (Å²) in [6, 6.07) is 12.0. The highest BCUT2D eigenvalue weighted by Gasteiger charge is 2.38. The lowest BCUT2D eigenvalue weighted by atomic mass is 9.77. The molecule has 0 unspecified atom stereocenters. The van der Waals surface area contributed by atoms with E-state index >= 15 is 0 Å². The first-order valence-corrected chi connectivity index (χ1v) is 9.14. The van der Waals surface area contributed by atoms with E-state index in [1.165, 1.54) is 38.9 Å². The normalized spacial score (nSPS) is 16.0. The second-order valence-electron chi connectivity index (χ2n) is 10.1. The van der Waals surface area contributed by atoms with Gasteiger partial charge in [-0.2, -0.15) is 0 Å². The fourth-order valence-corrected chi connectivity index (χ4v) is 3.96. The van der Waals surface area contributed by atoms with E-state index < -0.39 is 0 Å². The van der Waals surface area contributed by atoms with Crippen molar-refractivity contribution in [3.05, 3.63) is 58.1 Å². The lowest BCUT2D eigenvalue weighted by Gasteiger charge is -2.27. The van der Waals surface area contributed by atoms with Crippen LogP contribution in [0.25, 0.3) is 11.1 Å². The third kappa shape index (κ3) is 2.51. The van der Waals surface area contributed by atoms with Crippen molar-refractivity contribution in [3.8, 4) is 11.1 Å². The van der Waals surface area contributed by atoms with E-state index in [2.05, 4.69) is 92.6 Å². The van der Waals surface area contributed by atoms with Gasteiger partial charge in [0.05, 0.1) is 0 Å². The molecule has 0 atom stereocenters. The molecule has 0 heteroatoms. The number of rotatable bonds is 0. The van der Waals surface area contributed by atoms with Crippen LogP contribution >= 0.6 is 0 Å². The van der Waals surface area contributed by atoms with Crippen LogP contribution in [-0.2, 0) is 16.2 Å². The van der Waals surface area contributed by atoms with Gasteiger partial charge in [0.15, 0.2) is 0 Å². The van der Waals surface area contributed by atoms with Crippen LogP contribution in [0.5, 0.6) is 0 Å². The first-order valence-electron chi connectivity index (χ1n) is 9.14. The van der Waals surface area contributed by atoms with Gasteiger partial charge in [0.2, 0.25) is 0 Å². The van der Waals surface area contributed by atoms with E-state index in [-0.39, 0.29) is 16.2 Å². The summed E-state index contributed by atoms with van der Waals surface area (Å²) >= 11 is 0. The highest BCUT2D eigenvalue weighted by molar-refractivity contribution is 5.83. The maximum Gasteiger partial charge on any atom is 0.0159 e. The highest BCUT2D eigenvalue weighted by Crippen LogP contribution is 2.51. The predicted molar refractivity (Wildman–Crippen MR) is 106 cm³/mol. The van der Waals surface area contributed by atoms with Crippen LogP contribution < -0.4 is 0 Å². The molecule has 128 valence electrons. The molecular formula is C24H32. The molecule has 0 saturated carbocycles. The summed E-state index contributed by atoms with van der Waals surface area (Å²) in [6.45, 7) is 20.9. The smallest absolute Gasteiger partial charge is 0.0159 e. The Morgan fingerprint density at radius 2 is 1.25 bits per heavy atom. The minimum Gasteiger partial charge on any atom is -0.0579 e. The average Bonchev–Trinajstić information content (AvgIpc) is 2.66. The molecule has 0 bridgehead atoms. The van der Waals surface area contributed by atoms with Gasteiger partial charge in [-0.1, -0.05) is 85.7 Å². The molecule has 0 amide bonds. The van der Waals surface area contributed by atoms with Gasteiger partial charge in [-0.25, -0.2) is 0 Å². The molecule has 1 aliphatic rings. The summed E-state index contributed by atoms with van der Waals surface area (Å²) in [5, 5.41) is 0. The number of fused-ring (bicyclic) bond motifs is 3. The third-order valence-electron chi connectivity index (χ3n) is 5.70. The summed E-state index contributed by atoms with van der Waals surface area (Å²) in [7, 11) is 0. The summed E-state index contributed by atoms with van der Waals surface area (Å²) in [5.74, 6) is 0. The van der Waals surface area contributed by atoms with Crippen molar-refractivity contribution in [3.63, 3.8) is 0 Å². The van der Waals surface area contributed by atoms with Crippen LogP contribution in [0.3, 0.4) is 0 Å². The van der Waals surface area contributed by atoms with Crippen molar-refractivity contribution < 1.29 is 0 Å². The number of hydrogen-bond donors (Lipinski definition) is 0. The minimum absolute atomic E-state index is 0.0674. The average molecular weight is 321 g/mol. The summed E-state index contributed by atoms with van der Waals surface area (Å²) < 4.78 is 0. The Bertz CT molecular complexity index is 805. The van der Waals surface area contributed by atoms with Crippen LogP contribution in [0.4, 0.5) is 0 Å². The van der Waals surface area contributed by atoms with Crippen LogP contribution in [0.2, 0.25) is 0 Å². The lowest BCUT2D eigenvalue weighted by Crippen LogP contribution is -2.19. The van der Waals surface area contributed by atoms with Crippen LogP contribution in [0, 0.1) is 6.92 Å². The van der Waals surface area contributed by atoms with E-state index in [0.29, 0.717) is 0 Å². The molecule has 0 aliphatic heterocycles. The molecule has 0 radical (unpaired) electrons. The summed E-state index contributed by atoms with van der Waals surface area (Å²) in [4.78, 5) is 0. The van der Waals surface area contributed by atoms with Gasteiger partial charge in [0, 0.05) is 5.41 Å². The molecule has 0 spiro atoms. The fraction of sp³-hybridized carbons (Fsp3) is 0.500. The van der Waals surface area contributed by atoms with Gasteiger partial charge < -0.3 is 0 Å². The van der Waals surface area contributed by atoms with Gasteiger partial charge in [-0.05, 0) is 56.7 Å². The first kappa shape index (κ1) is 17.3. The van der Waals surface area contributed by atoms with Crippen molar-refractivity contribution in [2.45, 2.75) is 78.6 Å². The van der Waals surface area contributed by atoms with Gasteiger partial charge in [-0.15, -0.1) is 0 Å². The second kappa shape index (κ2) is 4.97. The quantitative estimate of drug-likeness (QED) is 0.495. The van der Waals surface area contributed by atoms with Crippen LogP contribution in [-0.4, -0.2) is 0 Å². The van der Waals surface area contributed by atoms with Gasteiger partial charge in [0.1, 0.15) is 0 Å². The topological polar surface area (TPSA) is 0 Å². The van der Waals surface area contributed by atoms with Gasteiger partial charge in [-0.3, -0.25) is 0 Å². The number of aryl methyl sites for hydroxylation is 1. The molecule has 2 aromatic rings. The Kier molecular flexibility index (Phi) is 3.58. The first-order chi connectivity index (χ1) is 10.8. The molecule has 0 heterocycles. The Hall–Kier alpha value is -1.56. The Labute approximate surface area is 148 Å². The SMILES string of the molecule is Cc1cc(C(C)(C)C)cc2c1-c1ccc(C(C)(C)C)cc1C2(C)C. The van der Waals surface area contributed by atoms with E-state index in [0.717, 1.165) is 0 Å². The van der Waals surface area contributed by atoms with Gasteiger partial charge in [0.25, 0.3) is 0 Å². The lowest BCUT2D eigenvalue weighted by molar-refractivity contribution is 0.580. The maximum atomic E-state index is 2.46. The Morgan fingerprint density at radius 3 is 1.79 bits per heavy atom.